The zero-order valence-corrected chi connectivity index (χ0v) is 17.2. The van der Waals surface area contributed by atoms with Crippen LogP contribution in [0.25, 0.3) is 5.69 Å². The third-order valence-electron chi connectivity index (χ3n) is 4.64. The average Bonchev–Trinajstić information content (AvgIpc) is 3.23. The average molecular weight is 413 g/mol. The van der Waals surface area contributed by atoms with Crippen molar-refractivity contribution in [1.29, 1.82) is 0 Å². The van der Waals surface area contributed by atoms with E-state index in [1.807, 2.05) is 84.4 Å². The quantitative estimate of drug-likeness (QED) is 0.468. The van der Waals surface area contributed by atoms with Crippen LogP contribution in [0.1, 0.15) is 17.0 Å². The van der Waals surface area contributed by atoms with E-state index in [0.29, 0.717) is 18.8 Å². The molecule has 2 N–H and O–H groups in total. The molecule has 2 aromatic heterocycles. The van der Waals surface area contributed by atoms with E-state index in [9.17, 15) is 4.79 Å². The highest BCUT2D eigenvalue weighted by Gasteiger charge is 2.06. The summed E-state index contributed by atoms with van der Waals surface area (Å²) in [6.07, 6.45) is 3.49. The number of nitrogens with zero attached hydrogens (tertiary/aromatic N) is 3. The number of ether oxygens (including phenoxy) is 1. The number of nitrogens with one attached hydrogen (secondary N) is 2. The largest absolute Gasteiger partial charge is 0.487 e. The Hall–Kier alpha value is -4.13. The topological polar surface area (TPSA) is 81.1 Å². The summed E-state index contributed by atoms with van der Waals surface area (Å²) in [5, 5.41) is 10.0. The molecule has 156 valence electrons. The Kier molecular flexibility index (Phi) is 6.23. The number of amides is 2. The molecule has 0 atom stereocenters. The number of benzene rings is 2. The number of urea groups is 1. The maximum absolute atomic E-state index is 12.4. The van der Waals surface area contributed by atoms with Gasteiger partial charge in [0, 0.05) is 30.3 Å². The molecule has 2 heterocycles. The Labute approximate surface area is 180 Å². The molecule has 0 unspecified atom stereocenters. The number of hydrogen-bond donors (Lipinski definition) is 2. The molecule has 2 amide bonds. The van der Waals surface area contributed by atoms with Crippen LogP contribution < -0.4 is 15.4 Å². The second-order valence-electron chi connectivity index (χ2n) is 7.00. The fraction of sp³-hybridized carbons (Fsp3) is 0.125. The molecule has 2 aromatic carbocycles. The second-order valence-corrected chi connectivity index (χ2v) is 7.00. The van der Waals surface area contributed by atoms with Crippen molar-refractivity contribution in [1.82, 2.24) is 20.1 Å². The zero-order valence-electron chi connectivity index (χ0n) is 17.2. The first-order chi connectivity index (χ1) is 15.2. The highest BCUT2D eigenvalue weighted by molar-refractivity contribution is 5.89. The van der Waals surface area contributed by atoms with Crippen LogP contribution in [0.15, 0.2) is 85.2 Å². The van der Waals surface area contributed by atoms with Gasteiger partial charge in [-0.1, -0.05) is 24.3 Å². The van der Waals surface area contributed by atoms with E-state index in [4.69, 9.17) is 4.74 Å². The predicted octanol–water partition coefficient (Wildman–Crippen LogP) is 4.48. The first-order valence-corrected chi connectivity index (χ1v) is 9.95. The van der Waals surface area contributed by atoms with Gasteiger partial charge in [-0.05, 0) is 61.0 Å². The minimum Gasteiger partial charge on any atom is -0.487 e. The van der Waals surface area contributed by atoms with E-state index in [-0.39, 0.29) is 6.03 Å². The number of hydrogen-bond acceptors (Lipinski definition) is 4. The summed E-state index contributed by atoms with van der Waals surface area (Å²) in [7, 11) is 0. The summed E-state index contributed by atoms with van der Waals surface area (Å²) in [5.41, 5.74) is 4.40. The maximum atomic E-state index is 12.4. The van der Waals surface area contributed by atoms with Crippen molar-refractivity contribution in [3.05, 3.63) is 102 Å². The van der Waals surface area contributed by atoms with Gasteiger partial charge < -0.3 is 15.4 Å². The molecule has 0 aliphatic heterocycles. The molecule has 0 aliphatic carbocycles. The molecule has 7 heteroatoms. The lowest BCUT2D eigenvalue weighted by Crippen LogP contribution is -2.28. The lowest BCUT2D eigenvalue weighted by Gasteiger charge is -2.11. The van der Waals surface area contributed by atoms with E-state index in [0.717, 1.165) is 28.4 Å². The van der Waals surface area contributed by atoms with E-state index in [2.05, 4.69) is 20.7 Å². The molecule has 0 bridgehead atoms. The van der Waals surface area contributed by atoms with Gasteiger partial charge in [0.2, 0.25) is 0 Å². The van der Waals surface area contributed by atoms with Gasteiger partial charge in [-0.25, -0.2) is 9.48 Å². The fourth-order valence-corrected chi connectivity index (χ4v) is 3.10. The summed E-state index contributed by atoms with van der Waals surface area (Å²) in [5.74, 6) is 0.729. The van der Waals surface area contributed by atoms with Gasteiger partial charge >= 0.3 is 6.03 Å². The highest BCUT2D eigenvalue weighted by atomic mass is 16.5. The number of anilines is 1. The minimum atomic E-state index is -0.283. The van der Waals surface area contributed by atoms with Gasteiger partial charge in [-0.15, -0.1) is 0 Å². The molecule has 0 saturated carbocycles. The monoisotopic (exact) mass is 413 g/mol. The maximum Gasteiger partial charge on any atom is 0.319 e. The van der Waals surface area contributed by atoms with Crippen LogP contribution >= 0.6 is 0 Å². The van der Waals surface area contributed by atoms with Crippen molar-refractivity contribution in [2.75, 3.05) is 5.32 Å². The van der Waals surface area contributed by atoms with Crippen LogP contribution in [0, 0.1) is 6.92 Å². The number of aryl methyl sites for hydroxylation is 1. The normalized spacial score (nSPS) is 10.5. The Balaban J connectivity index is 1.31. The summed E-state index contributed by atoms with van der Waals surface area (Å²) < 4.78 is 7.61. The molecular weight excluding hydrogens is 390 g/mol. The van der Waals surface area contributed by atoms with E-state index in [1.54, 1.807) is 12.4 Å². The van der Waals surface area contributed by atoms with Gasteiger partial charge in [-0.3, -0.25) is 4.98 Å². The van der Waals surface area contributed by atoms with Crippen LogP contribution in [-0.4, -0.2) is 20.8 Å². The van der Waals surface area contributed by atoms with Crippen LogP contribution in [0.4, 0.5) is 10.5 Å². The van der Waals surface area contributed by atoms with Crippen molar-refractivity contribution < 1.29 is 9.53 Å². The van der Waals surface area contributed by atoms with Crippen molar-refractivity contribution in [3.8, 4) is 11.4 Å². The van der Waals surface area contributed by atoms with Crippen LogP contribution in [0.5, 0.6) is 5.75 Å². The minimum absolute atomic E-state index is 0.283. The third kappa shape index (κ3) is 5.48. The Morgan fingerprint density at radius 2 is 1.90 bits per heavy atom. The first-order valence-electron chi connectivity index (χ1n) is 9.95. The molecule has 0 radical (unpaired) electrons. The highest BCUT2D eigenvalue weighted by Crippen LogP contribution is 2.17. The molecule has 0 spiro atoms. The summed E-state index contributed by atoms with van der Waals surface area (Å²) in [6.45, 7) is 2.75. The van der Waals surface area contributed by atoms with Crippen molar-refractivity contribution >= 4 is 11.7 Å². The van der Waals surface area contributed by atoms with Gasteiger partial charge in [0.25, 0.3) is 0 Å². The molecule has 0 aliphatic rings. The molecule has 4 rings (SSSR count). The molecule has 31 heavy (non-hydrogen) atoms. The standard InChI is InChI=1S/C24H23N5O2/c1-18-11-13-27-29(18)22-9-5-8-20(15-22)28-24(30)26-16-19-6-4-10-23(14-19)31-17-21-7-2-3-12-25-21/h2-15H,16-17H2,1H3,(H2,26,28,30). The van der Waals surface area contributed by atoms with E-state index < -0.39 is 0 Å². The Morgan fingerprint density at radius 1 is 1.00 bits per heavy atom. The van der Waals surface area contributed by atoms with Crippen LogP contribution in [-0.2, 0) is 13.2 Å². The number of aromatic nitrogens is 3. The van der Waals surface area contributed by atoms with Crippen molar-refractivity contribution in [2.45, 2.75) is 20.1 Å². The number of rotatable bonds is 7. The van der Waals surface area contributed by atoms with Crippen LogP contribution in [0.3, 0.4) is 0 Å². The first kappa shape index (κ1) is 20.2. The van der Waals surface area contributed by atoms with Crippen molar-refractivity contribution in [2.24, 2.45) is 0 Å². The fourth-order valence-electron chi connectivity index (χ4n) is 3.10. The zero-order chi connectivity index (χ0) is 21.5. The summed E-state index contributed by atoms with van der Waals surface area (Å²) >= 11 is 0. The number of pyridine rings is 1. The van der Waals surface area contributed by atoms with Gasteiger partial charge in [-0.2, -0.15) is 5.10 Å². The number of carbonyl (C=O) groups excluding carboxylic acids is 1. The second kappa shape index (κ2) is 9.58. The molecule has 7 nitrogen and oxygen atoms in total. The third-order valence-corrected chi connectivity index (χ3v) is 4.64. The SMILES string of the molecule is Cc1ccnn1-c1cccc(NC(=O)NCc2cccc(OCc3ccccn3)c2)c1. The van der Waals surface area contributed by atoms with E-state index in [1.165, 1.54) is 0 Å². The lowest BCUT2D eigenvalue weighted by molar-refractivity contribution is 0.251. The summed E-state index contributed by atoms with van der Waals surface area (Å²) in [6, 6.07) is 22.5. The Bertz CT molecular complexity index is 1160. The predicted molar refractivity (Wildman–Crippen MR) is 119 cm³/mol. The molecular formula is C24H23N5O2. The van der Waals surface area contributed by atoms with Crippen molar-refractivity contribution in [3.63, 3.8) is 0 Å². The molecule has 0 saturated heterocycles. The van der Waals surface area contributed by atoms with Gasteiger partial charge in [0.05, 0.1) is 11.4 Å². The van der Waals surface area contributed by atoms with E-state index >= 15 is 0 Å². The molecule has 4 aromatic rings. The van der Waals surface area contributed by atoms with Gasteiger partial charge in [0.1, 0.15) is 12.4 Å². The summed E-state index contributed by atoms with van der Waals surface area (Å²) in [4.78, 5) is 16.6. The Morgan fingerprint density at radius 3 is 2.71 bits per heavy atom. The number of carbonyl (C=O) groups is 1. The van der Waals surface area contributed by atoms with Gasteiger partial charge in [0.15, 0.2) is 0 Å². The smallest absolute Gasteiger partial charge is 0.319 e. The lowest BCUT2D eigenvalue weighted by atomic mass is 10.2. The molecule has 0 fully saturated rings. The van der Waals surface area contributed by atoms with Crippen LogP contribution in [0.2, 0.25) is 0 Å².